The average Bonchev–Trinajstić information content (AvgIpc) is 3.35. The Bertz CT molecular complexity index is 1040. The first-order valence-electron chi connectivity index (χ1n) is 10.6. The minimum atomic E-state index is 0.0548. The van der Waals surface area contributed by atoms with E-state index in [9.17, 15) is 4.79 Å². The number of methoxy groups -OCH3 is 1. The van der Waals surface area contributed by atoms with Crippen LogP contribution in [0.3, 0.4) is 0 Å². The van der Waals surface area contributed by atoms with Gasteiger partial charge in [0, 0.05) is 38.3 Å². The lowest BCUT2D eigenvalue weighted by Crippen LogP contribution is -2.44. The summed E-state index contributed by atoms with van der Waals surface area (Å²) in [6, 6.07) is 10.1. The summed E-state index contributed by atoms with van der Waals surface area (Å²) in [6.07, 6.45) is 2.26. The molecule has 3 aromatic rings. The fraction of sp³-hybridized carbons (Fsp3) is 0.435. The molecule has 1 aromatic carbocycles. The molecule has 1 aliphatic rings. The Balaban J connectivity index is 1.28. The van der Waals surface area contributed by atoms with Crippen LogP contribution in [0.2, 0.25) is 0 Å². The molecule has 8 heteroatoms. The molecule has 3 heterocycles. The number of benzene rings is 1. The van der Waals surface area contributed by atoms with Gasteiger partial charge in [0.15, 0.2) is 0 Å². The number of nitrogens with zero attached hydrogens (tertiary/aromatic N) is 4. The van der Waals surface area contributed by atoms with E-state index in [0.29, 0.717) is 6.42 Å². The Kier molecular flexibility index (Phi) is 6.67. The highest BCUT2D eigenvalue weighted by Gasteiger charge is 2.22. The van der Waals surface area contributed by atoms with E-state index in [1.165, 1.54) is 5.69 Å². The summed E-state index contributed by atoms with van der Waals surface area (Å²) in [7, 11) is 3.64. The van der Waals surface area contributed by atoms with Gasteiger partial charge >= 0.3 is 0 Å². The first-order chi connectivity index (χ1) is 15.0. The van der Waals surface area contributed by atoms with Crippen LogP contribution in [0.1, 0.15) is 29.8 Å². The number of rotatable bonds is 7. The fourth-order valence-electron chi connectivity index (χ4n) is 4.08. The van der Waals surface area contributed by atoms with Gasteiger partial charge in [-0.1, -0.05) is 18.2 Å². The van der Waals surface area contributed by atoms with Crippen molar-refractivity contribution in [1.82, 2.24) is 25.0 Å². The summed E-state index contributed by atoms with van der Waals surface area (Å²) < 4.78 is 7.32. The molecule has 4 rings (SSSR count). The number of ether oxygens (including phenoxy) is 1. The molecular formula is C23H29N5O2S. The lowest BCUT2D eigenvalue weighted by atomic mass is 10.0. The lowest BCUT2D eigenvalue weighted by Gasteiger charge is -2.32. The molecule has 1 saturated heterocycles. The first-order valence-corrected chi connectivity index (χ1v) is 11.5. The van der Waals surface area contributed by atoms with Gasteiger partial charge in [-0.25, -0.2) is 4.98 Å². The van der Waals surface area contributed by atoms with Crippen LogP contribution >= 0.6 is 11.3 Å². The average molecular weight is 440 g/mol. The number of thiazole rings is 1. The van der Waals surface area contributed by atoms with Gasteiger partial charge in [0.05, 0.1) is 35.3 Å². The van der Waals surface area contributed by atoms with Crippen LogP contribution in [-0.4, -0.2) is 51.8 Å². The molecule has 0 aliphatic carbocycles. The molecule has 31 heavy (non-hydrogen) atoms. The van der Waals surface area contributed by atoms with Crippen molar-refractivity contribution in [3.05, 3.63) is 52.8 Å². The van der Waals surface area contributed by atoms with Crippen LogP contribution in [0.5, 0.6) is 5.75 Å². The molecule has 2 aromatic heterocycles. The summed E-state index contributed by atoms with van der Waals surface area (Å²) >= 11 is 1.63. The quantitative estimate of drug-likeness (QED) is 0.612. The summed E-state index contributed by atoms with van der Waals surface area (Å²) in [5.41, 5.74) is 6.01. The summed E-state index contributed by atoms with van der Waals surface area (Å²) in [4.78, 5) is 20.4. The van der Waals surface area contributed by atoms with Gasteiger partial charge in [-0.3, -0.25) is 14.4 Å². The van der Waals surface area contributed by atoms with Crippen LogP contribution in [0.15, 0.2) is 35.8 Å². The van der Waals surface area contributed by atoms with Gasteiger partial charge in [0.25, 0.3) is 0 Å². The van der Waals surface area contributed by atoms with E-state index >= 15 is 0 Å². The standard InChI is InChI=1S/C23H29N5O2S/c1-16-23(31-15-24-16)20-13-19(27(2)26-20)14-28-10-8-18(9-11-28)25-22(29)12-17-6-4-5-7-21(17)30-3/h4-7,13,15,18H,8-12,14H2,1-3H3,(H,25,29). The predicted octanol–water partition coefficient (Wildman–Crippen LogP) is 3.18. The zero-order valence-electron chi connectivity index (χ0n) is 18.3. The van der Waals surface area contributed by atoms with E-state index in [1.54, 1.807) is 18.4 Å². The van der Waals surface area contributed by atoms with Gasteiger partial charge in [0.1, 0.15) is 11.4 Å². The summed E-state index contributed by atoms with van der Waals surface area (Å²) in [5.74, 6) is 0.815. The minimum Gasteiger partial charge on any atom is -0.496 e. The molecular weight excluding hydrogens is 410 g/mol. The molecule has 0 radical (unpaired) electrons. The molecule has 7 nitrogen and oxygen atoms in total. The van der Waals surface area contributed by atoms with Crippen molar-refractivity contribution >= 4 is 17.2 Å². The number of nitrogens with one attached hydrogen (secondary N) is 1. The van der Waals surface area contributed by atoms with Crippen molar-refractivity contribution in [2.24, 2.45) is 7.05 Å². The highest BCUT2D eigenvalue weighted by Crippen LogP contribution is 2.27. The number of para-hydroxylation sites is 1. The molecule has 0 saturated carbocycles. The Morgan fingerprint density at radius 3 is 2.77 bits per heavy atom. The Labute approximate surface area is 187 Å². The summed E-state index contributed by atoms with van der Waals surface area (Å²) in [5, 5.41) is 7.88. The third-order valence-corrected chi connectivity index (χ3v) is 6.79. The second kappa shape index (κ2) is 9.62. The van der Waals surface area contributed by atoms with Gasteiger partial charge in [-0.15, -0.1) is 11.3 Å². The number of carbonyl (C=O) groups is 1. The maximum absolute atomic E-state index is 12.5. The van der Waals surface area contributed by atoms with Gasteiger partial charge in [-0.05, 0) is 31.9 Å². The zero-order chi connectivity index (χ0) is 21.8. The zero-order valence-corrected chi connectivity index (χ0v) is 19.1. The van der Waals surface area contributed by atoms with Crippen molar-refractivity contribution < 1.29 is 9.53 Å². The number of hydrogen-bond donors (Lipinski definition) is 1. The van der Waals surface area contributed by atoms with Crippen LogP contribution in [0.25, 0.3) is 10.6 Å². The maximum Gasteiger partial charge on any atom is 0.224 e. The van der Waals surface area contributed by atoms with Crippen molar-refractivity contribution in [3.63, 3.8) is 0 Å². The number of hydrogen-bond acceptors (Lipinski definition) is 6. The van der Waals surface area contributed by atoms with Crippen molar-refractivity contribution in [3.8, 4) is 16.3 Å². The third kappa shape index (κ3) is 5.14. The molecule has 164 valence electrons. The third-order valence-electron chi connectivity index (χ3n) is 5.84. The molecule has 0 unspecified atom stereocenters. The number of aryl methyl sites for hydroxylation is 2. The second-order valence-corrected chi connectivity index (χ2v) is 8.87. The SMILES string of the molecule is COc1ccccc1CC(=O)NC1CCN(Cc2cc(-c3scnc3C)nn2C)CC1. The van der Waals surface area contributed by atoms with Crippen LogP contribution in [0, 0.1) is 6.92 Å². The highest BCUT2D eigenvalue weighted by molar-refractivity contribution is 7.13. The number of piperidine rings is 1. The van der Waals surface area contributed by atoms with Gasteiger partial charge < -0.3 is 10.1 Å². The molecule has 1 amide bonds. The highest BCUT2D eigenvalue weighted by atomic mass is 32.1. The van der Waals surface area contributed by atoms with Crippen molar-refractivity contribution in [2.75, 3.05) is 20.2 Å². The Hall–Kier alpha value is -2.71. The normalized spacial score (nSPS) is 15.2. The summed E-state index contributed by atoms with van der Waals surface area (Å²) in [6.45, 7) is 4.80. The van der Waals surface area contributed by atoms with E-state index < -0.39 is 0 Å². The van der Waals surface area contributed by atoms with Crippen molar-refractivity contribution in [1.29, 1.82) is 0 Å². The van der Waals surface area contributed by atoms with E-state index in [0.717, 1.165) is 60.1 Å². The lowest BCUT2D eigenvalue weighted by molar-refractivity contribution is -0.121. The van der Waals surface area contributed by atoms with Crippen LogP contribution < -0.4 is 10.1 Å². The van der Waals surface area contributed by atoms with E-state index in [1.807, 2.05) is 48.4 Å². The monoisotopic (exact) mass is 439 g/mol. The fourth-order valence-corrected chi connectivity index (χ4v) is 4.84. The van der Waals surface area contributed by atoms with Crippen molar-refractivity contribution in [2.45, 2.75) is 38.8 Å². The van der Waals surface area contributed by atoms with Gasteiger partial charge in [-0.2, -0.15) is 5.10 Å². The smallest absolute Gasteiger partial charge is 0.224 e. The number of aromatic nitrogens is 3. The number of amides is 1. The van der Waals surface area contributed by atoms with Crippen LogP contribution in [0.4, 0.5) is 0 Å². The Morgan fingerprint density at radius 1 is 1.29 bits per heavy atom. The molecule has 1 N–H and O–H groups in total. The van der Waals surface area contributed by atoms with E-state index in [2.05, 4.69) is 26.4 Å². The largest absolute Gasteiger partial charge is 0.496 e. The van der Waals surface area contributed by atoms with Crippen LogP contribution in [-0.2, 0) is 24.8 Å². The van der Waals surface area contributed by atoms with E-state index in [-0.39, 0.29) is 11.9 Å². The molecule has 1 aliphatic heterocycles. The molecule has 0 atom stereocenters. The first kappa shape index (κ1) is 21.5. The van der Waals surface area contributed by atoms with Gasteiger partial charge in [0.2, 0.25) is 5.91 Å². The maximum atomic E-state index is 12.5. The number of likely N-dealkylation sites (tertiary alicyclic amines) is 1. The topological polar surface area (TPSA) is 72.3 Å². The molecule has 0 bridgehead atoms. The Morgan fingerprint density at radius 2 is 2.06 bits per heavy atom. The second-order valence-electron chi connectivity index (χ2n) is 8.02. The minimum absolute atomic E-state index is 0.0548. The number of carbonyl (C=O) groups excluding carboxylic acids is 1. The predicted molar refractivity (Wildman–Crippen MR) is 122 cm³/mol. The molecule has 0 spiro atoms. The van der Waals surface area contributed by atoms with E-state index in [4.69, 9.17) is 4.74 Å². The molecule has 1 fully saturated rings.